The number of nitrogens with one attached hydrogen (secondary N) is 2. The number of amides is 2. The maximum Gasteiger partial charge on any atom is 0.319 e. The molecule has 1 saturated carbocycles. The molecule has 12 rings (SSSR count). The van der Waals surface area contributed by atoms with Gasteiger partial charge in [0.15, 0.2) is 12.0 Å². The van der Waals surface area contributed by atoms with Crippen LogP contribution in [0, 0.1) is 18.7 Å². The van der Waals surface area contributed by atoms with E-state index >= 15 is 4.39 Å². The highest BCUT2D eigenvalue weighted by atomic mass is 35.5. The fourth-order valence-corrected chi connectivity index (χ4v) is 12.4. The number of aromatic nitrogens is 7. The Bertz CT molecular complexity index is 3520. The van der Waals surface area contributed by atoms with Crippen molar-refractivity contribution in [2.45, 2.75) is 115 Å². The molecule has 7 aromatic rings. The van der Waals surface area contributed by atoms with Crippen LogP contribution in [0.4, 0.5) is 15.9 Å². The quantitative estimate of drug-likeness (QED) is 0.0456. The highest BCUT2D eigenvalue weighted by Crippen LogP contribution is 2.53. The van der Waals surface area contributed by atoms with Crippen molar-refractivity contribution in [1.29, 1.82) is 0 Å². The third-order valence-corrected chi connectivity index (χ3v) is 16.9. The number of benzene rings is 4. The van der Waals surface area contributed by atoms with E-state index in [0.29, 0.717) is 107 Å². The molecule has 5 aliphatic rings. The monoisotopic (exact) mass is 1120 g/mol. The lowest BCUT2D eigenvalue weighted by atomic mass is 9.87. The molecule has 21 heteroatoms. The molecule has 5 atom stereocenters. The maximum absolute atomic E-state index is 16.0. The molecule has 5 fully saturated rings. The van der Waals surface area contributed by atoms with Gasteiger partial charge in [-0.25, -0.2) is 9.07 Å². The summed E-state index contributed by atoms with van der Waals surface area (Å²) in [5.41, 5.74) is 14.6. The van der Waals surface area contributed by atoms with Crippen molar-refractivity contribution < 1.29 is 38.7 Å². The van der Waals surface area contributed by atoms with Crippen LogP contribution in [0.2, 0.25) is 5.02 Å². The number of hydrogen-bond donors (Lipinski definition) is 5. The van der Waals surface area contributed by atoms with Crippen LogP contribution in [0.1, 0.15) is 105 Å². The van der Waals surface area contributed by atoms with Crippen LogP contribution >= 0.6 is 11.6 Å². The summed E-state index contributed by atoms with van der Waals surface area (Å²) < 4.78 is 37.0. The first-order valence-corrected chi connectivity index (χ1v) is 28.4. The summed E-state index contributed by atoms with van der Waals surface area (Å²) in [5.74, 6) is 0.175. The fraction of sp³-hybridized carbons (Fsp3) is 0.417. The van der Waals surface area contributed by atoms with E-state index in [-0.39, 0.29) is 60.7 Å². The Hall–Kier alpha value is -7.65. The van der Waals surface area contributed by atoms with Gasteiger partial charge in [-0.15, -0.1) is 10.2 Å². The first-order chi connectivity index (χ1) is 39.3. The number of rotatable bonds is 18. The van der Waals surface area contributed by atoms with Crippen LogP contribution in [-0.4, -0.2) is 127 Å². The molecule has 7 heterocycles. The molecular weight excluding hydrogens is 1050 g/mol. The highest BCUT2D eigenvalue weighted by molar-refractivity contribution is 6.33. The van der Waals surface area contributed by atoms with Crippen molar-refractivity contribution in [2.24, 2.45) is 5.92 Å². The van der Waals surface area contributed by atoms with Crippen LogP contribution < -0.4 is 36.2 Å². The molecule has 420 valence electrons. The average molecular weight is 1120 g/mol. The molecule has 2 amide bonds. The topological polar surface area (TPSA) is 246 Å². The Balaban J connectivity index is 0.818. The minimum atomic E-state index is -0.754. The van der Waals surface area contributed by atoms with Crippen LogP contribution in [0.5, 0.6) is 11.8 Å². The normalized spacial score (nSPS) is 19.8. The van der Waals surface area contributed by atoms with Gasteiger partial charge in [-0.3, -0.25) is 15.0 Å². The molecule has 0 unspecified atom stereocenters. The summed E-state index contributed by atoms with van der Waals surface area (Å²) >= 11 is 6.34. The number of ether oxygens (including phenoxy) is 3. The number of hydrogen-bond acceptors (Lipinski definition) is 15. The Kier molecular flexibility index (Phi) is 15.1. The number of anilines is 2. The number of nitrogen functional groups attached to an aromatic ring is 1. The number of nitrogens with zero attached hydrogens (tertiary/aromatic N) is 9. The van der Waals surface area contributed by atoms with Crippen LogP contribution in [0.3, 0.4) is 0 Å². The van der Waals surface area contributed by atoms with E-state index in [4.69, 9.17) is 46.9 Å². The lowest BCUT2D eigenvalue weighted by Gasteiger charge is -2.31. The molecule has 4 aromatic carbocycles. The third kappa shape index (κ3) is 10.7. The predicted molar refractivity (Wildman–Crippen MR) is 304 cm³/mol. The largest absolute Gasteiger partial charge is 0.486 e. The van der Waals surface area contributed by atoms with Gasteiger partial charge in [-0.05, 0) is 91.3 Å². The maximum atomic E-state index is 16.0. The number of carbonyl (C=O) groups is 2. The molecule has 19 nitrogen and oxygen atoms in total. The summed E-state index contributed by atoms with van der Waals surface area (Å²) in [6, 6.07) is 18.8. The zero-order valence-electron chi connectivity index (χ0n) is 45.5. The number of piperazine rings is 1. The lowest BCUT2D eigenvalue weighted by molar-refractivity contribution is -0.142. The highest BCUT2D eigenvalue weighted by Gasteiger charge is 2.42. The minimum Gasteiger partial charge on any atom is -0.486 e. The number of aliphatic hydroxyl groups is 1. The van der Waals surface area contributed by atoms with Crippen LogP contribution in [-0.2, 0) is 20.9 Å². The Morgan fingerprint density at radius 3 is 2.48 bits per heavy atom. The summed E-state index contributed by atoms with van der Waals surface area (Å²) in [6.45, 7) is 8.59. The molecule has 2 bridgehead atoms. The van der Waals surface area contributed by atoms with E-state index in [0.717, 1.165) is 65.8 Å². The summed E-state index contributed by atoms with van der Waals surface area (Å²) in [5, 5.41) is 41.8. The zero-order chi connectivity index (χ0) is 56.1. The van der Waals surface area contributed by atoms with Gasteiger partial charge in [0, 0.05) is 77.9 Å². The third-order valence-electron chi connectivity index (χ3n) is 16.6. The predicted octanol–water partition coefficient (Wildman–Crippen LogP) is 6.48. The van der Waals surface area contributed by atoms with Gasteiger partial charge in [0.25, 0.3) is 0 Å². The van der Waals surface area contributed by atoms with Gasteiger partial charge in [0.2, 0.25) is 11.8 Å². The van der Waals surface area contributed by atoms with Crippen molar-refractivity contribution in [3.8, 4) is 45.4 Å². The van der Waals surface area contributed by atoms with Crippen molar-refractivity contribution in [3.63, 3.8) is 0 Å². The van der Waals surface area contributed by atoms with Gasteiger partial charge in [-0.2, -0.15) is 15.1 Å². The van der Waals surface area contributed by atoms with Crippen molar-refractivity contribution in [1.82, 2.24) is 50.7 Å². The van der Waals surface area contributed by atoms with Gasteiger partial charge < -0.3 is 45.5 Å². The average Bonchev–Trinajstić information content (AvgIpc) is 3.67. The Morgan fingerprint density at radius 1 is 1.01 bits per heavy atom. The van der Waals surface area contributed by atoms with E-state index < -0.39 is 23.9 Å². The fourth-order valence-electron chi connectivity index (χ4n) is 12.2. The minimum absolute atomic E-state index is 0.113. The SMILES string of the molecule is Cc1c(F)cc(N)c(C=[NH2+])c1-c1c(C2CC2)cc2c(N3C[C@@H]4C[C@H]3CN4)nc(OC3CCOCC3)nc2c1OCc1ccc(-c2cn([C@H](C(=O)N3CCC[C@H]3C(=O)N[C@@H](CO)c3ccc(-c4nnccc4Cl)cc3)C(C)C)nn2)cc1. The van der Waals surface area contributed by atoms with Crippen LogP contribution in [0.25, 0.3) is 44.5 Å². The van der Waals surface area contributed by atoms with Crippen molar-refractivity contribution in [2.75, 3.05) is 50.1 Å². The first kappa shape index (κ1) is 54.0. The first-order valence-electron chi connectivity index (χ1n) is 28.1. The summed E-state index contributed by atoms with van der Waals surface area (Å²) in [4.78, 5) is 43.0. The Labute approximate surface area is 473 Å². The molecule has 7 N–H and O–H groups in total. The molecule has 1 aliphatic carbocycles. The van der Waals surface area contributed by atoms with Crippen molar-refractivity contribution >= 4 is 52.0 Å². The van der Waals surface area contributed by atoms with E-state index in [1.54, 1.807) is 40.9 Å². The second-order valence-corrected chi connectivity index (χ2v) is 22.7. The zero-order valence-corrected chi connectivity index (χ0v) is 46.3. The van der Waals surface area contributed by atoms with E-state index in [9.17, 15) is 14.7 Å². The van der Waals surface area contributed by atoms with Gasteiger partial charge in [-0.1, -0.05) is 79.2 Å². The van der Waals surface area contributed by atoms with Gasteiger partial charge >= 0.3 is 6.01 Å². The smallest absolute Gasteiger partial charge is 0.319 e. The number of fused-ring (bicyclic) bond motifs is 3. The number of likely N-dealkylation sites (tertiary alicyclic amines) is 1. The van der Waals surface area contributed by atoms with Gasteiger partial charge in [0.1, 0.15) is 53.3 Å². The van der Waals surface area contributed by atoms with E-state index in [2.05, 4.69) is 42.1 Å². The molecule has 3 aromatic heterocycles. The lowest BCUT2D eigenvalue weighted by Crippen LogP contribution is -2.50. The standard InChI is InChI=1S/C60H65ClFN13O6/c1-32(2)55(59(78)73-20-4-5-50(73)58(77)67-49(30-76)37-12-14-38(15-13-37)53-45(61)16-19-66-71-53)75-29-48(70-72-75)36-8-6-34(7-9-36)31-80-56-52(51-33(3)46(62)25-47(64)44(51)26-63)42(35-10-11-35)24-43-54(56)68-60(81-41-17-21-79-22-18-41)69-57(43)74-28-39-23-40(74)27-65-39/h6-9,12-16,19,24-26,29,32,35,39-41,49-50,55,63,65,76H,4-5,10-11,17-18,20-23,27-28,30-31,64H2,1-3H3,(H,67,77)/p+1/t39-,40-,49-,50-,55-/m0/s1. The molecule has 0 spiro atoms. The van der Waals surface area contributed by atoms with Gasteiger partial charge in [0.05, 0.1) is 48.8 Å². The second-order valence-electron chi connectivity index (χ2n) is 22.3. The molecule has 0 radical (unpaired) electrons. The molecule has 4 saturated heterocycles. The van der Waals surface area contributed by atoms with Crippen LogP contribution in [0.15, 0.2) is 79.1 Å². The molecule has 81 heavy (non-hydrogen) atoms. The summed E-state index contributed by atoms with van der Waals surface area (Å²) in [7, 11) is 0. The second kappa shape index (κ2) is 22.7. The Morgan fingerprint density at radius 2 is 1.79 bits per heavy atom. The number of halogens is 2. The van der Waals surface area contributed by atoms with E-state index in [1.165, 1.54) is 18.5 Å². The molecular formula is C60H66ClFN13O6+. The van der Waals surface area contributed by atoms with Crippen molar-refractivity contribution in [3.05, 3.63) is 118 Å². The number of nitrogens with two attached hydrogens (primary N) is 2. The number of aliphatic hydroxyl groups excluding tert-OH is 1. The summed E-state index contributed by atoms with van der Waals surface area (Å²) in [6.07, 6.45) is 10.0. The molecule has 4 aliphatic heterocycles. The number of carbonyl (C=O) groups excluding carboxylic acids is 2. The van der Waals surface area contributed by atoms with E-state index in [1.807, 2.05) is 50.2 Å².